The van der Waals surface area contributed by atoms with Gasteiger partial charge in [0.2, 0.25) is 0 Å². The Balaban J connectivity index is 1.51. The number of rotatable bonds is 4. The van der Waals surface area contributed by atoms with Crippen molar-refractivity contribution in [2.75, 3.05) is 6.54 Å². The van der Waals surface area contributed by atoms with Crippen molar-refractivity contribution in [3.8, 4) is 0 Å². The second-order valence-corrected chi connectivity index (χ2v) is 6.86. The van der Waals surface area contributed by atoms with Crippen LogP contribution in [0.2, 0.25) is 5.02 Å². The van der Waals surface area contributed by atoms with E-state index in [9.17, 15) is 9.18 Å². The summed E-state index contributed by atoms with van der Waals surface area (Å²) in [7, 11) is 0. The van der Waals surface area contributed by atoms with Crippen molar-refractivity contribution < 1.29 is 9.18 Å². The van der Waals surface area contributed by atoms with Gasteiger partial charge in [-0.25, -0.2) is 9.07 Å². The van der Waals surface area contributed by atoms with Gasteiger partial charge in [-0.05, 0) is 42.7 Å². The molecule has 1 atom stereocenters. The highest BCUT2D eigenvalue weighted by Gasteiger charge is 2.32. The SMILES string of the molecule is O=C(c1cn(Cc2ccc(F)cc2Cl)nn1)N1CCCC1c1ccccn1. The molecule has 4 rings (SSSR count). The maximum atomic E-state index is 13.2. The van der Waals surface area contributed by atoms with Crippen molar-refractivity contribution in [2.45, 2.75) is 25.4 Å². The van der Waals surface area contributed by atoms with Crippen LogP contribution in [0.15, 0.2) is 48.8 Å². The van der Waals surface area contributed by atoms with E-state index in [1.54, 1.807) is 23.4 Å². The summed E-state index contributed by atoms with van der Waals surface area (Å²) < 4.78 is 14.7. The number of pyridine rings is 1. The smallest absolute Gasteiger partial charge is 0.276 e. The van der Waals surface area contributed by atoms with Gasteiger partial charge in [0.05, 0.1) is 24.5 Å². The molecule has 1 aliphatic heterocycles. The van der Waals surface area contributed by atoms with Crippen LogP contribution in [0.3, 0.4) is 0 Å². The molecule has 8 heteroatoms. The maximum Gasteiger partial charge on any atom is 0.276 e. The van der Waals surface area contributed by atoms with E-state index in [2.05, 4.69) is 15.3 Å². The number of hydrogen-bond donors (Lipinski definition) is 0. The third-order valence-corrected chi connectivity index (χ3v) is 5.00. The van der Waals surface area contributed by atoms with Gasteiger partial charge >= 0.3 is 0 Å². The molecule has 1 aliphatic rings. The Morgan fingerprint density at radius 2 is 2.19 bits per heavy atom. The van der Waals surface area contributed by atoms with Crippen molar-refractivity contribution in [1.82, 2.24) is 24.9 Å². The summed E-state index contributed by atoms with van der Waals surface area (Å²) in [4.78, 5) is 19.1. The lowest BCUT2D eigenvalue weighted by molar-refractivity contribution is 0.0727. The van der Waals surface area contributed by atoms with Crippen LogP contribution in [0.25, 0.3) is 0 Å². The average Bonchev–Trinajstić information content (AvgIpc) is 3.34. The Morgan fingerprint density at radius 3 is 2.96 bits per heavy atom. The second kappa shape index (κ2) is 7.44. The van der Waals surface area contributed by atoms with Crippen LogP contribution in [-0.2, 0) is 6.54 Å². The van der Waals surface area contributed by atoms with Crippen LogP contribution in [0, 0.1) is 5.82 Å². The molecule has 1 saturated heterocycles. The highest BCUT2D eigenvalue weighted by molar-refractivity contribution is 6.31. The zero-order chi connectivity index (χ0) is 18.8. The summed E-state index contributed by atoms with van der Waals surface area (Å²) in [5.41, 5.74) is 1.86. The van der Waals surface area contributed by atoms with E-state index in [4.69, 9.17) is 11.6 Å². The van der Waals surface area contributed by atoms with Crippen LogP contribution >= 0.6 is 11.6 Å². The molecule has 27 heavy (non-hydrogen) atoms. The lowest BCUT2D eigenvalue weighted by atomic mass is 10.1. The predicted molar refractivity (Wildman–Crippen MR) is 97.8 cm³/mol. The van der Waals surface area contributed by atoms with E-state index in [-0.39, 0.29) is 17.6 Å². The lowest BCUT2D eigenvalue weighted by Gasteiger charge is -2.23. The molecule has 0 N–H and O–H groups in total. The van der Waals surface area contributed by atoms with Gasteiger partial charge in [-0.2, -0.15) is 0 Å². The molecule has 3 aromatic rings. The van der Waals surface area contributed by atoms with Crippen LogP contribution in [-0.4, -0.2) is 37.3 Å². The Morgan fingerprint density at radius 1 is 1.30 bits per heavy atom. The number of benzene rings is 1. The van der Waals surface area contributed by atoms with E-state index in [1.807, 2.05) is 18.2 Å². The summed E-state index contributed by atoms with van der Waals surface area (Å²) >= 11 is 6.06. The highest BCUT2D eigenvalue weighted by atomic mass is 35.5. The second-order valence-electron chi connectivity index (χ2n) is 6.45. The molecule has 0 aliphatic carbocycles. The summed E-state index contributed by atoms with van der Waals surface area (Å²) in [6.45, 7) is 0.972. The average molecular weight is 386 g/mol. The Hall–Kier alpha value is -2.80. The molecule has 0 spiro atoms. The first-order valence-electron chi connectivity index (χ1n) is 8.68. The molecule has 3 heterocycles. The highest BCUT2D eigenvalue weighted by Crippen LogP contribution is 2.31. The molecule has 2 aromatic heterocycles. The molecule has 1 unspecified atom stereocenters. The monoisotopic (exact) mass is 385 g/mol. The molecule has 1 fully saturated rings. The van der Waals surface area contributed by atoms with Crippen LogP contribution in [0.1, 0.15) is 40.6 Å². The van der Waals surface area contributed by atoms with Crippen LogP contribution in [0.5, 0.6) is 0 Å². The molecule has 0 bridgehead atoms. The van der Waals surface area contributed by atoms with E-state index < -0.39 is 5.82 Å². The first-order valence-corrected chi connectivity index (χ1v) is 9.05. The quantitative estimate of drug-likeness (QED) is 0.689. The molecule has 138 valence electrons. The molecule has 0 radical (unpaired) electrons. The van der Waals surface area contributed by atoms with Gasteiger partial charge in [0.25, 0.3) is 5.91 Å². The number of halogens is 2. The Labute approximate surface area is 160 Å². The minimum atomic E-state index is -0.396. The standard InChI is InChI=1S/C19H17ClFN5O/c20-15-10-14(21)7-6-13(15)11-25-12-17(23-24-25)19(27)26-9-3-5-18(26)16-4-1-2-8-22-16/h1-2,4,6-8,10,12,18H,3,5,9,11H2. The van der Waals surface area contributed by atoms with Gasteiger partial charge in [-0.1, -0.05) is 28.9 Å². The van der Waals surface area contributed by atoms with E-state index in [1.165, 1.54) is 16.8 Å². The van der Waals surface area contributed by atoms with Crippen molar-refractivity contribution in [2.24, 2.45) is 0 Å². The number of hydrogen-bond acceptors (Lipinski definition) is 4. The first-order chi connectivity index (χ1) is 13.1. The van der Waals surface area contributed by atoms with Gasteiger partial charge < -0.3 is 4.90 Å². The van der Waals surface area contributed by atoms with Gasteiger partial charge in [0.1, 0.15) is 5.82 Å². The third kappa shape index (κ3) is 3.68. The number of amides is 1. The normalized spacial score (nSPS) is 16.7. The topological polar surface area (TPSA) is 63.9 Å². The van der Waals surface area contributed by atoms with Gasteiger partial charge in [-0.3, -0.25) is 9.78 Å². The minimum Gasteiger partial charge on any atom is -0.329 e. The van der Waals surface area contributed by atoms with Gasteiger partial charge in [0.15, 0.2) is 5.69 Å². The van der Waals surface area contributed by atoms with Crippen molar-refractivity contribution in [3.05, 3.63) is 76.6 Å². The van der Waals surface area contributed by atoms with Crippen LogP contribution in [0.4, 0.5) is 4.39 Å². The first kappa shape index (κ1) is 17.6. The maximum absolute atomic E-state index is 13.2. The summed E-state index contributed by atoms with van der Waals surface area (Å²) in [5.74, 6) is -0.563. The van der Waals surface area contributed by atoms with E-state index >= 15 is 0 Å². The van der Waals surface area contributed by atoms with Crippen molar-refractivity contribution >= 4 is 17.5 Å². The summed E-state index contributed by atoms with van der Waals surface area (Å²) in [6, 6.07) is 9.86. The number of nitrogens with zero attached hydrogens (tertiary/aromatic N) is 5. The molecular formula is C19H17ClFN5O. The lowest BCUT2D eigenvalue weighted by Crippen LogP contribution is -2.31. The number of carbonyl (C=O) groups is 1. The van der Waals surface area contributed by atoms with Crippen molar-refractivity contribution in [1.29, 1.82) is 0 Å². The van der Waals surface area contributed by atoms with E-state index in [0.29, 0.717) is 23.7 Å². The number of likely N-dealkylation sites (tertiary alicyclic amines) is 1. The molecule has 0 saturated carbocycles. The van der Waals surface area contributed by atoms with Crippen LogP contribution < -0.4 is 0 Å². The Bertz CT molecular complexity index is 962. The molecule has 1 amide bonds. The number of carbonyl (C=O) groups excluding carboxylic acids is 1. The molecule has 1 aromatic carbocycles. The molecular weight excluding hydrogens is 369 g/mol. The summed E-state index contributed by atoms with van der Waals surface area (Å²) in [5, 5.41) is 8.35. The number of aromatic nitrogens is 4. The zero-order valence-corrected chi connectivity index (χ0v) is 15.2. The van der Waals surface area contributed by atoms with Crippen molar-refractivity contribution in [3.63, 3.8) is 0 Å². The zero-order valence-electron chi connectivity index (χ0n) is 14.4. The fourth-order valence-corrected chi connectivity index (χ4v) is 3.56. The predicted octanol–water partition coefficient (Wildman–Crippen LogP) is 3.49. The Kier molecular flexibility index (Phi) is 4.85. The fraction of sp³-hybridized carbons (Fsp3) is 0.263. The van der Waals surface area contributed by atoms with Gasteiger partial charge in [-0.15, -0.1) is 5.10 Å². The summed E-state index contributed by atoms with van der Waals surface area (Å²) in [6.07, 6.45) is 5.13. The van der Waals surface area contributed by atoms with E-state index in [0.717, 1.165) is 18.5 Å². The largest absolute Gasteiger partial charge is 0.329 e. The minimum absolute atomic E-state index is 0.0459. The molecule has 6 nitrogen and oxygen atoms in total. The third-order valence-electron chi connectivity index (χ3n) is 4.65. The van der Waals surface area contributed by atoms with Gasteiger partial charge in [0, 0.05) is 17.8 Å². The fourth-order valence-electron chi connectivity index (χ4n) is 3.34.